The zero-order chi connectivity index (χ0) is 11.6. The molecule has 0 saturated heterocycles. The summed E-state index contributed by atoms with van der Waals surface area (Å²) in [5.41, 5.74) is 0. The maximum atomic E-state index is 2.77. The van der Waals surface area contributed by atoms with Crippen molar-refractivity contribution in [2.45, 2.75) is 84.1 Å². The Bertz CT molecular complexity index is 140. The molecule has 0 spiro atoms. The zero-order valence-corrected chi connectivity index (χ0v) is 11.5. The van der Waals surface area contributed by atoms with Gasteiger partial charge in [-0.15, -0.1) is 0 Å². The van der Waals surface area contributed by atoms with Gasteiger partial charge in [0.25, 0.3) is 0 Å². The maximum Gasteiger partial charge on any atom is 0.00964 e. The second-order valence-electron chi connectivity index (χ2n) is 5.39. The third kappa shape index (κ3) is 6.52. The summed E-state index contributed by atoms with van der Waals surface area (Å²) in [6, 6.07) is 0.975. The van der Waals surface area contributed by atoms with Gasteiger partial charge in [0.05, 0.1) is 0 Å². The van der Waals surface area contributed by atoms with Gasteiger partial charge in [-0.1, -0.05) is 52.4 Å². The van der Waals surface area contributed by atoms with Crippen molar-refractivity contribution in [2.75, 3.05) is 13.1 Å². The predicted octanol–water partition coefficient (Wildman–Crippen LogP) is 4.61. The molecule has 0 heterocycles. The van der Waals surface area contributed by atoms with Crippen molar-refractivity contribution in [3.05, 3.63) is 0 Å². The van der Waals surface area contributed by atoms with Crippen LogP contribution >= 0.6 is 0 Å². The molecule has 96 valence electrons. The summed E-state index contributed by atoms with van der Waals surface area (Å²) in [6.45, 7) is 7.33. The van der Waals surface area contributed by atoms with E-state index in [9.17, 15) is 0 Å². The van der Waals surface area contributed by atoms with Crippen LogP contribution in [-0.2, 0) is 0 Å². The fourth-order valence-electron chi connectivity index (χ4n) is 2.40. The van der Waals surface area contributed by atoms with Crippen molar-refractivity contribution in [2.24, 2.45) is 0 Å². The average Bonchev–Trinajstić information content (AvgIpc) is 3.11. The number of nitrogens with zero attached hydrogens (tertiary/aromatic N) is 1. The average molecular weight is 225 g/mol. The standard InChI is InChI=1S/C15H31N/c1-3-5-7-9-13-16(15-11-12-15)14-10-8-6-4-2/h15H,3-14H2,1-2H3. The van der Waals surface area contributed by atoms with E-state index < -0.39 is 0 Å². The quantitative estimate of drug-likeness (QED) is 0.464. The van der Waals surface area contributed by atoms with Crippen LogP contribution in [0.5, 0.6) is 0 Å². The first-order valence-corrected chi connectivity index (χ1v) is 7.62. The molecule has 0 bridgehead atoms. The van der Waals surface area contributed by atoms with Crippen LogP contribution in [0.25, 0.3) is 0 Å². The van der Waals surface area contributed by atoms with Gasteiger partial charge in [0, 0.05) is 6.04 Å². The van der Waals surface area contributed by atoms with Gasteiger partial charge in [-0.05, 0) is 38.8 Å². The van der Waals surface area contributed by atoms with E-state index >= 15 is 0 Å². The second kappa shape index (κ2) is 9.04. The molecule has 0 aromatic heterocycles. The van der Waals surface area contributed by atoms with E-state index in [1.807, 2.05) is 0 Å². The Balaban J connectivity index is 2.01. The van der Waals surface area contributed by atoms with Crippen molar-refractivity contribution in [1.82, 2.24) is 4.90 Å². The van der Waals surface area contributed by atoms with E-state index in [0.29, 0.717) is 0 Å². The minimum Gasteiger partial charge on any atom is -0.300 e. The van der Waals surface area contributed by atoms with Crippen molar-refractivity contribution in [3.63, 3.8) is 0 Å². The normalized spacial score (nSPS) is 15.9. The molecule has 16 heavy (non-hydrogen) atoms. The summed E-state index contributed by atoms with van der Waals surface area (Å²) in [6.07, 6.45) is 14.3. The van der Waals surface area contributed by atoms with Gasteiger partial charge in [-0.2, -0.15) is 0 Å². The minimum absolute atomic E-state index is 0.975. The third-order valence-corrected chi connectivity index (χ3v) is 3.66. The first kappa shape index (κ1) is 14.0. The van der Waals surface area contributed by atoms with Gasteiger partial charge in [0.2, 0.25) is 0 Å². The molecule has 1 rings (SSSR count). The van der Waals surface area contributed by atoms with E-state index in [0.717, 1.165) is 6.04 Å². The Hall–Kier alpha value is -0.0400. The van der Waals surface area contributed by atoms with Gasteiger partial charge in [0.1, 0.15) is 0 Å². The molecule has 0 radical (unpaired) electrons. The van der Waals surface area contributed by atoms with Gasteiger partial charge >= 0.3 is 0 Å². The highest BCUT2D eigenvalue weighted by atomic mass is 15.2. The molecule has 0 N–H and O–H groups in total. The van der Waals surface area contributed by atoms with Crippen LogP contribution in [0.1, 0.15) is 78.1 Å². The zero-order valence-electron chi connectivity index (χ0n) is 11.5. The van der Waals surface area contributed by atoms with Gasteiger partial charge in [0.15, 0.2) is 0 Å². The number of rotatable bonds is 11. The molecule has 0 aliphatic heterocycles. The molecule has 1 aliphatic carbocycles. The maximum absolute atomic E-state index is 2.77. The lowest BCUT2D eigenvalue weighted by Gasteiger charge is -2.21. The highest BCUT2D eigenvalue weighted by molar-refractivity contribution is 4.84. The van der Waals surface area contributed by atoms with Gasteiger partial charge in [-0.25, -0.2) is 0 Å². The van der Waals surface area contributed by atoms with Gasteiger partial charge < -0.3 is 4.90 Å². The minimum atomic E-state index is 0.975. The Morgan fingerprint density at radius 2 is 1.25 bits per heavy atom. The molecule has 1 aliphatic rings. The molecule has 0 aromatic carbocycles. The lowest BCUT2D eigenvalue weighted by Crippen LogP contribution is -2.28. The summed E-state index contributed by atoms with van der Waals surface area (Å²) in [5, 5.41) is 0. The molecule has 1 fully saturated rings. The molecule has 0 unspecified atom stereocenters. The number of hydrogen-bond donors (Lipinski definition) is 0. The van der Waals surface area contributed by atoms with Crippen molar-refractivity contribution < 1.29 is 0 Å². The third-order valence-electron chi connectivity index (χ3n) is 3.66. The molecule has 1 heteroatoms. The predicted molar refractivity (Wildman–Crippen MR) is 72.9 cm³/mol. The largest absolute Gasteiger partial charge is 0.300 e. The Morgan fingerprint density at radius 3 is 1.62 bits per heavy atom. The van der Waals surface area contributed by atoms with Crippen molar-refractivity contribution in [3.8, 4) is 0 Å². The summed E-state index contributed by atoms with van der Waals surface area (Å²) in [4.78, 5) is 2.77. The van der Waals surface area contributed by atoms with E-state index in [4.69, 9.17) is 0 Å². The smallest absolute Gasteiger partial charge is 0.00964 e. The Kier molecular flexibility index (Phi) is 7.92. The SMILES string of the molecule is CCCCCCN(CCCCCC)C1CC1. The van der Waals surface area contributed by atoms with Crippen LogP contribution in [0.2, 0.25) is 0 Å². The van der Waals surface area contributed by atoms with Crippen LogP contribution in [0.3, 0.4) is 0 Å². The molecule has 0 amide bonds. The first-order valence-electron chi connectivity index (χ1n) is 7.62. The second-order valence-corrected chi connectivity index (χ2v) is 5.39. The van der Waals surface area contributed by atoms with Crippen LogP contribution in [0.15, 0.2) is 0 Å². The number of unbranched alkanes of at least 4 members (excludes halogenated alkanes) is 6. The summed E-state index contributed by atoms with van der Waals surface area (Å²) in [7, 11) is 0. The number of hydrogen-bond acceptors (Lipinski definition) is 1. The fraction of sp³-hybridized carbons (Fsp3) is 1.00. The van der Waals surface area contributed by atoms with E-state index in [1.54, 1.807) is 0 Å². The summed E-state index contributed by atoms with van der Waals surface area (Å²) < 4.78 is 0. The highest BCUT2D eigenvalue weighted by Gasteiger charge is 2.27. The Morgan fingerprint density at radius 1 is 0.750 bits per heavy atom. The topological polar surface area (TPSA) is 3.24 Å². The lowest BCUT2D eigenvalue weighted by atomic mass is 10.1. The van der Waals surface area contributed by atoms with Gasteiger partial charge in [-0.3, -0.25) is 0 Å². The Labute approximate surface area is 103 Å². The lowest BCUT2D eigenvalue weighted by molar-refractivity contribution is 0.251. The van der Waals surface area contributed by atoms with E-state index in [1.165, 1.54) is 77.3 Å². The monoisotopic (exact) mass is 225 g/mol. The van der Waals surface area contributed by atoms with Crippen LogP contribution in [-0.4, -0.2) is 24.0 Å². The molecule has 1 saturated carbocycles. The van der Waals surface area contributed by atoms with Crippen molar-refractivity contribution in [1.29, 1.82) is 0 Å². The fourth-order valence-corrected chi connectivity index (χ4v) is 2.40. The first-order chi connectivity index (χ1) is 7.88. The molecular weight excluding hydrogens is 194 g/mol. The van der Waals surface area contributed by atoms with E-state index in [-0.39, 0.29) is 0 Å². The molecule has 1 nitrogen and oxygen atoms in total. The van der Waals surface area contributed by atoms with Crippen molar-refractivity contribution >= 4 is 0 Å². The summed E-state index contributed by atoms with van der Waals surface area (Å²) in [5.74, 6) is 0. The molecular formula is C15H31N. The highest BCUT2D eigenvalue weighted by Crippen LogP contribution is 2.27. The van der Waals surface area contributed by atoms with Crippen LogP contribution in [0, 0.1) is 0 Å². The summed E-state index contributed by atoms with van der Waals surface area (Å²) >= 11 is 0. The van der Waals surface area contributed by atoms with Crippen LogP contribution in [0.4, 0.5) is 0 Å². The molecule has 0 aromatic rings. The molecule has 0 atom stereocenters. The van der Waals surface area contributed by atoms with Crippen LogP contribution < -0.4 is 0 Å². The van der Waals surface area contributed by atoms with E-state index in [2.05, 4.69) is 18.7 Å².